The van der Waals surface area contributed by atoms with E-state index in [9.17, 15) is 9.59 Å². The molecule has 10 heteroatoms. The van der Waals surface area contributed by atoms with Gasteiger partial charge in [-0.15, -0.1) is 0 Å². The molecule has 2 aromatic carbocycles. The summed E-state index contributed by atoms with van der Waals surface area (Å²) in [6.45, 7) is 0. The van der Waals surface area contributed by atoms with Crippen molar-refractivity contribution < 1.29 is 18.3 Å². The zero-order valence-corrected chi connectivity index (χ0v) is 17.3. The highest BCUT2D eigenvalue weighted by Crippen LogP contribution is 2.31. The summed E-state index contributed by atoms with van der Waals surface area (Å²) in [4.78, 5) is 23.0. The molecule has 0 atom stereocenters. The molecule has 30 heavy (non-hydrogen) atoms. The van der Waals surface area contributed by atoms with Gasteiger partial charge in [-0.05, 0) is 24.3 Å². The minimum Gasteiger partial charge on any atom is -0.467 e. The fourth-order valence-electron chi connectivity index (χ4n) is 2.69. The van der Waals surface area contributed by atoms with Gasteiger partial charge < -0.3 is 29.8 Å². The van der Waals surface area contributed by atoms with E-state index in [1.54, 1.807) is 24.3 Å². The van der Waals surface area contributed by atoms with Crippen molar-refractivity contribution in [2.45, 2.75) is 0 Å². The summed E-state index contributed by atoms with van der Waals surface area (Å²) < 4.78 is 19.4. The van der Waals surface area contributed by atoms with Gasteiger partial charge in [0.1, 0.15) is 10.0 Å². The van der Waals surface area contributed by atoms with Crippen molar-refractivity contribution in [2.75, 3.05) is 25.7 Å². The maximum absolute atomic E-state index is 11.5. The number of methoxy groups -OCH3 is 2. The smallest absolute Gasteiger partial charge is 0.346 e. The molecule has 0 aliphatic carbocycles. The largest absolute Gasteiger partial charge is 0.467 e. The summed E-state index contributed by atoms with van der Waals surface area (Å²) in [5.74, 6) is 0.0258. The zero-order valence-electron chi connectivity index (χ0n) is 15.8. The Morgan fingerprint density at radius 3 is 1.40 bits per heavy atom. The Morgan fingerprint density at radius 1 is 0.700 bits per heavy atom. The number of halogens is 2. The summed E-state index contributed by atoms with van der Waals surface area (Å²) in [6.07, 6.45) is 0. The van der Waals surface area contributed by atoms with Gasteiger partial charge in [0.05, 0.1) is 25.0 Å². The van der Waals surface area contributed by atoms with Gasteiger partial charge in [0.2, 0.25) is 0 Å². The molecule has 0 radical (unpaired) electrons. The SMILES string of the molecule is COc1oc(=O)c2cc(N)ccc2c1Cl.COc1oc(=O)c2cc(N)ccc2c1Cl. The number of ether oxygens (including phenoxy) is 2. The van der Waals surface area contributed by atoms with Crippen LogP contribution in [0.1, 0.15) is 0 Å². The predicted molar refractivity (Wildman–Crippen MR) is 117 cm³/mol. The molecule has 0 aliphatic rings. The summed E-state index contributed by atoms with van der Waals surface area (Å²) >= 11 is 11.9. The van der Waals surface area contributed by atoms with E-state index in [2.05, 4.69) is 0 Å². The van der Waals surface area contributed by atoms with Gasteiger partial charge in [-0.1, -0.05) is 35.3 Å². The van der Waals surface area contributed by atoms with Gasteiger partial charge in [0, 0.05) is 22.1 Å². The number of anilines is 2. The molecule has 0 fully saturated rings. The van der Waals surface area contributed by atoms with Crippen LogP contribution in [0, 0.1) is 0 Å². The van der Waals surface area contributed by atoms with E-state index in [0.717, 1.165) is 0 Å². The average molecular weight is 451 g/mol. The van der Waals surface area contributed by atoms with Crippen LogP contribution in [0.3, 0.4) is 0 Å². The van der Waals surface area contributed by atoms with E-state index in [1.165, 1.54) is 26.4 Å². The predicted octanol–water partition coefficient (Wildman–Crippen LogP) is 4.07. The van der Waals surface area contributed by atoms with Crippen molar-refractivity contribution in [3.63, 3.8) is 0 Å². The zero-order chi connectivity index (χ0) is 22.0. The lowest BCUT2D eigenvalue weighted by Crippen LogP contribution is -2.02. The number of hydrogen-bond acceptors (Lipinski definition) is 8. The molecule has 156 valence electrons. The normalized spacial score (nSPS) is 10.5. The van der Waals surface area contributed by atoms with Crippen LogP contribution in [0.5, 0.6) is 11.9 Å². The highest BCUT2D eigenvalue weighted by Gasteiger charge is 2.13. The van der Waals surface area contributed by atoms with Crippen LogP contribution in [0.2, 0.25) is 10.0 Å². The second kappa shape index (κ2) is 8.56. The van der Waals surface area contributed by atoms with Crippen molar-refractivity contribution in [1.29, 1.82) is 0 Å². The van der Waals surface area contributed by atoms with Gasteiger partial charge in [0.15, 0.2) is 0 Å². The first-order valence-corrected chi connectivity index (χ1v) is 9.14. The number of nitrogens with two attached hydrogens (primary N) is 2. The van der Waals surface area contributed by atoms with E-state index in [-0.39, 0.29) is 21.9 Å². The monoisotopic (exact) mass is 450 g/mol. The lowest BCUT2D eigenvalue weighted by Gasteiger charge is -2.04. The van der Waals surface area contributed by atoms with Gasteiger partial charge >= 0.3 is 23.1 Å². The Morgan fingerprint density at radius 2 is 1.07 bits per heavy atom. The molecule has 2 heterocycles. The van der Waals surface area contributed by atoms with Crippen LogP contribution in [-0.2, 0) is 0 Å². The van der Waals surface area contributed by atoms with E-state index >= 15 is 0 Å². The Hall–Kier alpha value is -3.36. The highest BCUT2D eigenvalue weighted by molar-refractivity contribution is 6.37. The molecule has 0 saturated carbocycles. The molecule has 0 amide bonds. The van der Waals surface area contributed by atoms with Crippen molar-refractivity contribution >= 4 is 56.1 Å². The third-order valence-corrected chi connectivity index (χ3v) is 4.82. The molecular weight excluding hydrogens is 435 g/mol. The average Bonchev–Trinajstić information content (AvgIpc) is 2.73. The molecule has 4 N–H and O–H groups in total. The third kappa shape index (κ3) is 4.00. The Labute approximate surface area is 179 Å². The second-order valence-electron chi connectivity index (χ2n) is 6.00. The Balaban J connectivity index is 0.000000171. The minimum absolute atomic E-state index is 0.0129. The fourth-order valence-corrected chi connectivity index (χ4v) is 3.26. The first-order chi connectivity index (χ1) is 14.3. The van der Waals surface area contributed by atoms with E-state index < -0.39 is 11.3 Å². The van der Waals surface area contributed by atoms with Crippen molar-refractivity contribution in [3.8, 4) is 11.9 Å². The maximum atomic E-state index is 11.5. The maximum Gasteiger partial charge on any atom is 0.346 e. The molecule has 0 saturated heterocycles. The molecule has 8 nitrogen and oxygen atoms in total. The first kappa shape index (κ1) is 21.4. The second-order valence-corrected chi connectivity index (χ2v) is 6.76. The topological polar surface area (TPSA) is 131 Å². The molecule has 4 aromatic rings. The van der Waals surface area contributed by atoms with Gasteiger partial charge in [-0.25, -0.2) is 9.59 Å². The van der Waals surface area contributed by atoms with Crippen LogP contribution in [0.25, 0.3) is 21.5 Å². The third-order valence-electron chi connectivity index (χ3n) is 4.10. The summed E-state index contributed by atoms with van der Waals surface area (Å²) in [5.41, 5.74) is 11.1. The summed E-state index contributed by atoms with van der Waals surface area (Å²) in [5, 5.41) is 2.37. The number of benzene rings is 2. The van der Waals surface area contributed by atoms with Gasteiger partial charge in [-0.3, -0.25) is 0 Å². The first-order valence-electron chi connectivity index (χ1n) is 8.38. The van der Waals surface area contributed by atoms with Crippen molar-refractivity contribution in [1.82, 2.24) is 0 Å². The number of rotatable bonds is 2. The Bertz CT molecular complexity index is 1260. The molecule has 0 bridgehead atoms. The lowest BCUT2D eigenvalue weighted by molar-refractivity contribution is 0.289. The van der Waals surface area contributed by atoms with Gasteiger partial charge in [-0.2, -0.15) is 0 Å². The van der Waals surface area contributed by atoms with Gasteiger partial charge in [0.25, 0.3) is 0 Å². The molecule has 2 aromatic heterocycles. The fraction of sp³-hybridized carbons (Fsp3) is 0.100. The Kier molecular flexibility index (Phi) is 6.09. The van der Waals surface area contributed by atoms with Crippen molar-refractivity contribution in [3.05, 3.63) is 67.3 Å². The number of fused-ring (bicyclic) bond motifs is 2. The molecular formula is C20H16Cl2N2O6. The molecule has 4 rings (SSSR count). The lowest BCUT2D eigenvalue weighted by atomic mass is 10.1. The molecule has 0 unspecified atom stereocenters. The summed E-state index contributed by atoms with van der Waals surface area (Å²) in [7, 11) is 2.76. The van der Waals surface area contributed by atoms with Crippen LogP contribution >= 0.6 is 23.2 Å². The molecule has 0 aliphatic heterocycles. The minimum atomic E-state index is -0.515. The molecule has 0 spiro atoms. The summed E-state index contributed by atoms with van der Waals surface area (Å²) in [6, 6.07) is 9.68. The van der Waals surface area contributed by atoms with E-state index in [4.69, 9.17) is 53.0 Å². The van der Waals surface area contributed by atoms with E-state index in [0.29, 0.717) is 32.9 Å². The van der Waals surface area contributed by atoms with Crippen LogP contribution in [0.4, 0.5) is 11.4 Å². The van der Waals surface area contributed by atoms with E-state index in [1.807, 2.05) is 0 Å². The quantitative estimate of drug-likeness (QED) is 0.436. The number of nitrogen functional groups attached to an aromatic ring is 2. The number of hydrogen-bond donors (Lipinski definition) is 2. The van der Waals surface area contributed by atoms with Crippen molar-refractivity contribution in [2.24, 2.45) is 0 Å². The highest BCUT2D eigenvalue weighted by atomic mass is 35.5. The standard InChI is InChI=1S/2C10H8ClNO3/c2*1-14-10-8(11)6-3-2-5(12)4-7(6)9(13)15-10/h2*2-4H,12H2,1H3. The van der Waals surface area contributed by atoms with Crippen LogP contribution < -0.4 is 32.2 Å². The van der Waals surface area contributed by atoms with Crippen LogP contribution in [0.15, 0.2) is 54.8 Å². The van der Waals surface area contributed by atoms with Crippen LogP contribution in [-0.4, -0.2) is 14.2 Å².